The summed E-state index contributed by atoms with van der Waals surface area (Å²) in [5.41, 5.74) is 0.250. The van der Waals surface area contributed by atoms with Crippen molar-refractivity contribution in [2.45, 2.75) is 6.61 Å². The van der Waals surface area contributed by atoms with Gasteiger partial charge in [0.2, 0.25) is 10.0 Å². The van der Waals surface area contributed by atoms with Crippen LogP contribution in [0.15, 0.2) is 48.5 Å². The first-order valence-corrected chi connectivity index (χ1v) is 9.86. The van der Waals surface area contributed by atoms with Gasteiger partial charge < -0.3 is 9.47 Å². The number of methoxy groups -OCH3 is 1. The van der Waals surface area contributed by atoms with Gasteiger partial charge in [-0.25, -0.2) is 17.2 Å². The highest BCUT2D eigenvalue weighted by atomic mass is 32.2. The Bertz CT molecular complexity index is 1170. The standard InChI is InChI=1S/C18H16N2O7S/c1-26-18(21)15-9-13-8-14(20(22)23)10-16(17(13)19(15)28(2,24)25)27-11-12-6-4-3-5-7-12/h3-10H,11H2,1-2H3. The van der Waals surface area contributed by atoms with Gasteiger partial charge in [0, 0.05) is 11.5 Å². The number of hydrogen-bond acceptors (Lipinski definition) is 7. The summed E-state index contributed by atoms with van der Waals surface area (Å²) in [7, 11) is -2.83. The van der Waals surface area contributed by atoms with Crippen LogP contribution in [-0.2, 0) is 21.4 Å². The smallest absolute Gasteiger partial charge is 0.355 e. The summed E-state index contributed by atoms with van der Waals surface area (Å²) in [6.07, 6.45) is 0.918. The van der Waals surface area contributed by atoms with E-state index in [1.165, 1.54) is 12.1 Å². The summed E-state index contributed by atoms with van der Waals surface area (Å²) in [5, 5.41) is 11.5. The van der Waals surface area contributed by atoms with Crippen LogP contribution in [0.4, 0.5) is 5.69 Å². The summed E-state index contributed by atoms with van der Waals surface area (Å²) < 4.78 is 35.9. The molecular formula is C18H16N2O7S. The average molecular weight is 404 g/mol. The third kappa shape index (κ3) is 3.67. The Hall–Kier alpha value is -3.40. The molecule has 0 bridgehead atoms. The lowest BCUT2D eigenvalue weighted by Gasteiger charge is -2.12. The lowest BCUT2D eigenvalue weighted by Crippen LogP contribution is -2.17. The first-order valence-electron chi connectivity index (χ1n) is 8.02. The Kier molecular flexibility index (Phi) is 5.06. The number of nitrogens with zero attached hydrogens (tertiary/aromatic N) is 2. The molecule has 3 rings (SSSR count). The molecule has 0 aliphatic rings. The van der Waals surface area contributed by atoms with E-state index >= 15 is 0 Å². The molecule has 0 aliphatic heterocycles. The number of fused-ring (bicyclic) bond motifs is 1. The molecule has 10 heteroatoms. The molecule has 1 heterocycles. The van der Waals surface area contributed by atoms with E-state index in [1.807, 2.05) is 6.07 Å². The minimum absolute atomic E-state index is 0.0319. The van der Waals surface area contributed by atoms with Crippen molar-refractivity contribution in [2.24, 2.45) is 0 Å². The molecule has 0 saturated carbocycles. The van der Waals surface area contributed by atoms with Gasteiger partial charge in [-0.1, -0.05) is 30.3 Å². The number of nitro benzene ring substituents is 1. The van der Waals surface area contributed by atoms with Crippen LogP contribution < -0.4 is 4.74 Å². The Labute approximate surface area is 160 Å². The van der Waals surface area contributed by atoms with Crippen molar-refractivity contribution in [1.82, 2.24) is 3.97 Å². The van der Waals surface area contributed by atoms with Gasteiger partial charge in [0.25, 0.3) is 5.69 Å². The van der Waals surface area contributed by atoms with Gasteiger partial charge in [0.15, 0.2) is 5.75 Å². The van der Waals surface area contributed by atoms with Crippen molar-refractivity contribution < 1.29 is 27.6 Å². The predicted molar refractivity (Wildman–Crippen MR) is 101 cm³/mol. The fourth-order valence-electron chi connectivity index (χ4n) is 2.81. The van der Waals surface area contributed by atoms with E-state index in [9.17, 15) is 23.3 Å². The predicted octanol–water partition coefficient (Wildman–Crippen LogP) is 2.72. The van der Waals surface area contributed by atoms with Crippen LogP contribution >= 0.6 is 0 Å². The molecule has 0 fully saturated rings. The molecule has 0 atom stereocenters. The van der Waals surface area contributed by atoms with Crippen molar-refractivity contribution >= 4 is 32.6 Å². The Balaban J connectivity index is 2.25. The van der Waals surface area contributed by atoms with Crippen molar-refractivity contribution in [1.29, 1.82) is 0 Å². The minimum Gasteiger partial charge on any atom is -0.486 e. The average Bonchev–Trinajstić information content (AvgIpc) is 3.06. The zero-order valence-corrected chi connectivity index (χ0v) is 15.8. The molecule has 3 aromatic rings. The quantitative estimate of drug-likeness (QED) is 0.352. The number of nitro groups is 1. The fraction of sp³-hybridized carbons (Fsp3) is 0.167. The van der Waals surface area contributed by atoms with Crippen LogP contribution in [0.3, 0.4) is 0 Å². The molecule has 0 spiro atoms. The second-order valence-corrected chi connectivity index (χ2v) is 7.79. The van der Waals surface area contributed by atoms with E-state index in [1.54, 1.807) is 24.3 Å². The Morgan fingerprint density at radius 1 is 1.18 bits per heavy atom. The number of non-ortho nitro benzene ring substituents is 1. The van der Waals surface area contributed by atoms with Crippen LogP contribution in [0.5, 0.6) is 5.75 Å². The molecule has 0 unspecified atom stereocenters. The van der Waals surface area contributed by atoms with Crippen LogP contribution in [-0.4, -0.2) is 36.6 Å². The van der Waals surface area contributed by atoms with E-state index in [4.69, 9.17) is 4.74 Å². The summed E-state index contributed by atoms with van der Waals surface area (Å²) in [5.74, 6) is -0.924. The first-order chi connectivity index (χ1) is 13.2. The number of benzene rings is 2. The van der Waals surface area contributed by atoms with Gasteiger partial charge in [-0.15, -0.1) is 0 Å². The van der Waals surface area contributed by atoms with Crippen LogP contribution in [0.2, 0.25) is 0 Å². The topological polar surface area (TPSA) is 118 Å². The number of hydrogen-bond donors (Lipinski definition) is 0. The molecule has 146 valence electrons. The van der Waals surface area contributed by atoms with E-state index in [0.717, 1.165) is 29.0 Å². The number of carbonyl (C=O) groups excluding carboxylic acids is 1. The van der Waals surface area contributed by atoms with Crippen LogP contribution in [0.1, 0.15) is 16.1 Å². The normalized spacial score (nSPS) is 11.4. The maximum Gasteiger partial charge on any atom is 0.355 e. The van der Waals surface area contributed by atoms with Crippen molar-refractivity contribution in [2.75, 3.05) is 13.4 Å². The van der Waals surface area contributed by atoms with E-state index in [0.29, 0.717) is 0 Å². The summed E-state index contributed by atoms with van der Waals surface area (Å²) in [4.78, 5) is 22.7. The summed E-state index contributed by atoms with van der Waals surface area (Å²) in [6.45, 7) is 0.0552. The third-order valence-electron chi connectivity index (χ3n) is 3.98. The summed E-state index contributed by atoms with van der Waals surface area (Å²) >= 11 is 0. The Morgan fingerprint density at radius 2 is 1.86 bits per heavy atom. The third-order valence-corrected chi connectivity index (χ3v) is 5.02. The Morgan fingerprint density at radius 3 is 2.43 bits per heavy atom. The van der Waals surface area contributed by atoms with Gasteiger partial charge in [-0.3, -0.25) is 10.1 Å². The van der Waals surface area contributed by atoms with Gasteiger partial charge in [0.05, 0.1) is 24.4 Å². The minimum atomic E-state index is -3.94. The van der Waals surface area contributed by atoms with Gasteiger partial charge in [-0.05, 0) is 11.6 Å². The maximum absolute atomic E-state index is 12.4. The molecule has 9 nitrogen and oxygen atoms in total. The van der Waals surface area contributed by atoms with Crippen molar-refractivity contribution in [3.8, 4) is 5.75 Å². The molecule has 2 aromatic carbocycles. The van der Waals surface area contributed by atoms with Crippen molar-refractivity contribution in [3.63, 3.8) is 0 Å². The van der Waals surface area contributed by atoms with Gasteiger partial charge >= 0.3 is 5.97 Å². The van der Waals surface area contributed by atoms with Gasteiger partial charge in [0.1, 0.15) is 17.8 Å². The highest BCUT2D eigenvalue weighted by molar-refractivity contribution is 7.89. The van der Waals surface area contributed by atoms with Crippen LogP contribution in [0, 0.1) is 10.1 Å². The van der Waals surface area contributed by atoms with E-state index in [2.05, 4.69) is 4.74 Å². The second-order valence-electron chi connectivity index (χ2n) is 5.96. The molecule has 28 heavy (non-hydrogen) atoms. The molecular weight excluding hydrogens is 388 g/mol. The molecule has 0 radical (unpaired) electrons. The monoisotopic (exact) mass is 404 g/mol. The lowest BCUT2D eigenvalue weighted by molar-refractivity contribution is -0.384. The second kappa shape index (κ2) is 7.31. The zero-order chi connectivity index (χ0) is 20.5. The fourth-order valence-corrected chi connectivity index (χ4v) is 3.82. The van der Waals surface area contributed by atoms with Crippen molar-refractivity contribution in [3.05, 3.63) is 69.9 Å². The van der Waals surface area contributed by atoms with Gasteiger partial charge in [-0.2, -0.15) is 0 Å². The molecule has 0 N–H and O–H groups in total. The number of carbonyl (C=O) groups is 1. The molecule has 1 aromatic heterocycles. The number of esters is 1. The highest BCUT2D eigenvalue weighted by Crippen LogP contribution is 2.35. The first kappa shape index (κ1) is 19.4. The largest absolute Gasteiger partial charge is 0.486 e. The number of ether oxygens (including phenoxy) is 2. The SMILES string of the molecule is COC(=O)c1cc2cc([N+](=O)[O-])cc(OCc3ccccc3)c2n1S(C)(=O)=O. The lowest BCUT2D eigenvalue weighted by atomic mass is 10.2. The van der Waals surface area contributed by atoms with E-state index in [-0.39, 0.29) is 34.6 Å². The molecule has 0 saturated heterocycles. The number of aromatic nitrogens is 1. The summed E-state index contributed by atoms with van der Waals surface area (Å²) in [6, 6.07) is 12.6. The molecule has 0 amide bonds. The highest BCUT2D eigenvalue weighted by Gasteiger charge is 2.27. The maximum atomic E-state index is 12.4. The zero-order valence-electron chi connectivity index (χ0n) is 15.0. The van der Waals surface area contributed by atoms with Crippen LogP contribution in [0.25, 0.3) is 10.9 Å². The van der Waals surface area contributed by atoms with E-state index < -0.39 is 20.9 Å². The number of rotatable bonds is 6. The molecule has 0 aliphatic carbocycles.